The predicted molar refractivity (Wildman–Crippen MR) is 62.7 cm³/mol. The summed E-state index contributed by atoms with van der Waals surface area (Å²) in [5.74, 6) is 1.79. The number of halogens is 1. The average molecular weight is 258 g/mol. The van der Waals surface area contributed by atoms with Gasteiger partial charge in [-0.25, -0.2) is 9.97 Å². The SMILES string of the molecule is CCCc1nc(CC)nc(NC)c1Br. The van der Waals surface area contributed by atoms with Crippen LogP contribution in [0.1, 0.15) is 31.8 Å². The molecule has 1 rings (SSSR count). The molecule has 0 amide bonds. The summed E-state index contributed by atoms with van der Waals surface area (Å²) in [7, 11) is 1.88. The van der Waals surface area contributed by atoms with E-state index >= 15 is 0 Å². The summed E-state index contributed by atoms with van der Waals surface area (Å²) in [5, 5.41) is 3.07. The number of aromatic nitrogens is 2. The first-order valence-electron chi connectivity index (χ1n) is 4.95. The van der Waals surface area contributed by atoms with Crippen molar-refractivity contribution in [3.8, 4) is 0 Å². The average Bonchev–Trinajstić information content (AvgIpc) is 2.21. The standard InChI is InChI=1S/C10H16BrN3/c1-4-6-7-9(11)10(12-3)14-8(5-2)13-7/h4-6H2,1-3H3,(H,12,13,14). The molecule has 0 fully saturated rings. The normalized spacial score (nSPS) is 10.3. The van der Waals surface area contributed by atoms with Crippen molar-refractivity contribution in [1.82, 2.24) is 9.97 Å². The zero-order chi connectivity index (χ0) is 10.6. The summed E-state index contributed by atoms with van der Waals surface area (Å²) < 4.78 is 0.999. The Labute approximate surface area is 93.5 Å². The first kappa shape index (κ1) is 11.4. The molecule has 0 aliphatic heterocycles. The molecule has 1 N–H and O–H groups in total. The highest BCUT2D eigenvalue weighted by Crippen LogP contribution is 2.24. The maximum absolute atomic E-state index is 4.49. The molecule has 0 aromatic carbocycles. The van der Waals surface area contributed by atoms with E-state index in [-0.39, 0.29) is 0 Å². The molecular weight excluding hydrogens is 242 g/mol. The van der Waals surface area contributed by atoms with Crippen LogP contribution < -0.4 is 5.32 Å². The van der Waals surface area contributed by atoms with Gasteiger partial charge in [-0.15, -0.1) is 0 Å². The molecule has 78 valence electrons. The highest BCUT2D eigenvalue weighted by molar-refractivity contribution is 9.10. The quantitative estimate of drug-likeness (QED) is 0.902. The Hall–Kier alpha value is -0.640. The van der Waals surface area contributed by atoms with Crippen LogP contribution in [0.2, 0.25) is 0 Å². The zero-order valence-electron chi connectivity index (χ0n) is 8.89. The van der Waals surface area contributed by atoms with Gasteiger partial charge < -0.3 is 5.32 Å². The van der Waals surface area contributed by atoms with Crippen LogP contribution in [-0.2, 0) is 12.8 Å². The van der Waals surface area contributed by atoms with E-state index in [1.54, 1.807) is 0 Å². The maximum Gasteiger partial charge on any atom is 0.144 e. The highest BCUT2D eigenvalue weighted by atomic mass is 79.9. The Morgan fingerprint density at radius 3 is 2.50 bits per heavy atom. The number of nitrogens with zero attached hydrogens (tertiary/aromatic N) is 2. The van der Waals surface area contributed by atoms with Crippen LogP contribution in [0.3, 0.4) is 0 Å². The minimum absolute atomic E-state index is 0.874. The molecule has 0 aliphatic rings. The van der Waals surface area contributed by atoms with Crippen molar-refractivity contribution >= 4 is 21.7 Å². The van der Waals surface area contributed by atoms with Crippen molar-refractivity contribution in [2.75, 3.05) is 12.4 Å². The van der Waals surface area contributed by atoms with E-state index < -0.39 is 0 Å². The fourth-order valence-electron chi connectivity index (χ4n) is 1.27. The zero-order valence-corrected chi connectivity index (χ0v) is 10.5. The third kappa shape index (κ3) is 2.44. The van der Waals surface area contributed by atoms with Gasteiger partial charge in [-0.3, -0.25) is 0 Å². The second-order valence-corrected chi connectivity index (χ2v) is 3.90. The maximum atomic E-state index is 4.49. The summed E-state index contributed by atoms with van der Waals surface area (Å²) >= 11 is 3.52. The first-order valence-corrected chi connectivity index (χ1v) is 5.75. The van der Waals surface area contributed by atoms with Crippen molar-refractivity contribution in [2.24, 2.45) is 0 Å². The summed E-state index contributed by atoms with van der Waals surface area (Å²) in [6.07, 6.45) is 2.96. The van der Waals surface area contributed by atoms with Crippen LogP contribution in [0.4, 0.5) is 5.82 Å². The molecule has 14 heavy (non-hydrogen) atoms. The van der Waals surface area contributed by atoms with E-state index in [0.717, 1.165) is 41.1 Å². The third-order valence-electron chi connectivity index (χ3n) is 2.01. The largest absolute Gasteiger partial charge is 0.372 e. The summed E-state index contributed by atoms with van der Waals surface area (Å²) in [4.78, 5) is 8.87. The van der Waals surface area contributed by atoms with Crippen molar-refractivity contribution in [3.63, 3.8) is 0 Å². The van der Waals surface area contributed by atoms with Gasteiger partial charge in [-0.05, 0) is 22.4 Å². The van der Waals surface area contributed by atoms with Gasteiger partial charge in [0.25, 0.3) is 0 Å². The van der Waals surface area contributed by atoms with Gasteiger partial charge in [-0.2, -0.15) is 0 Å². The Balaban J connectivity index is 3.12. The molecule has 4 heteroatoms. The van der Waals surface area contributed by atoms with Crippen molar-refractivity contribution in [2.45, 2.75) is 33.1 Å². The molecule has 0 saturated heterocycles. The molecule has 0 atom stereocenters. The van der Waals surface area contributed by atoms with E-state index in [2.05, 4.69) is 45.1 Å². The minimum atomic E-state index is 0.874. The van der Waals surface area contributed by atoms with Gasteiger partial charge in [-0.1, -0.05) is 20.3 Å². The second-order valence-electron chi connectivity index (χ2n) is 3.10. The lowest BCUT2D eigenvalue weighted by Gasteiger charge is -2.09. The van der Waals surface area contributed by atoms with Gasteiger partial charge in [0.15, 0.2) is 0 Å². The third-order valence-corrected chi connectivity index (χ3v) is 2.84. The van der Waals surface area contributed by atoms with E-state index in [0.29, 0.717) is 0 Å². The topological polar surface area (TPSA) is 37.8 Å². The first-order chi connectivity index (χ1) is 6.72. The molecule has 0 radical (unpaired) electrons. The van der Waals surface area contributed by atoms with Crippen LogP contribution in [-0.4, -0.2) is 17.0 Å². The number of nitrogens with one attached hydrogen (secondary N) is 1. The highest BCUT2D eigenvalue weighted by Gasteiger charge is 2.09. The van der Waals surface area contributed by atoms with Gasteiger partial charge in [0.05, 0.1) is 10.2 Å². The number of anilines is 1. The van der Waals surface area contributed by atoms with E-state index in [1.165, 1.54) is 0 Å². The van der Waals surface area contributed by atoms with E-state index in [4.69, 9.17) is 0 Å². The number of rotatable bonds is 4. The van der Waals surface area contributed by atoms with Crippen LogP contribution in [0.15, 0.2) is 4.47 Å². The minimum Gasteiger partial charge on any atom is -0.372 e. The molecule has 0 unspecified atom stereocenters. The fourth-order valence-corrected chi connectivity index (χ4v) is 1.84. The van der Waals surface area contributed by atoms with Crippen molar-refractivity contribution in [3.05, 3.63) is 16.0 Å². The van der Waals surface area contributed by atoms with E-state index in [9.17, 15) is 0 Å². The Kier molecular flexibility index (Phi) is 4.32. The van der Waals surface area contributed by atoms with Crippen molar-refractivity contribution in [1.29, 1.82) is 0 Å². The molecule has 0 saturated carbocycles. The lowest BCUT2D eigenvalue weighted by molar-refractivity contribution is 0.828. The fraction of sp³-hybridized carbons (Fsp3) is 0.600. The Morgan fingerprint density at radius 2 is 2.00 bits per heavy atom. The number of aryl methyl sites for hydroxylation is 2. The van der Waals surface area contributed by atoms with Crippen LogP contribution >= 0.6 is 15.9 Å². The molecule has 3 nitrogen and oxygen atoms in total. The number of hydrogen-bond donors (Lipinski definition) is 1. The number of hydrogen-bond acceptors (Lipinski definition) is 3. The van der Waals surface area contributed by atoms with Gasteiger partial charge >= 0.3 is 0 Å². The van der Waals surface area contributed by atoms with Gasteiger partial charge in [0, 0.05) is 13.5 Å². The predicted octanol–water partition coefficient (Wildman–Crippen LogP) is 2.80. The van der Waals surface area contributed by atoms with Gasteiger partial charge in [0.2, 0.25) is 0 Å². The van der Waals surface area contributed by atoms with E-state index in [1.807, 2.05) is 7.05 Å². The molecule has 1 aromatic heterocycles. The molecule has 0 bridgehead atoms. The second kappa shape index (κ2) is 5.29. The van der Waals surface area contributed by atoms with Crippen LogP contribution in [0, 0.1) is 0 Å². The summed E-state index contributed by atoms with van der Waals surface area (Å²) in [6.45, 7) is 4.22. The molecular formula is C10H16BrN3. The lowest BCUT2D eigenvalue weighted by Crippen LogP contribution is -2.04. The molecule has 0 aliphatic carbocycles. The Bertz CT molecular complexity index is 312. The molecule has 0 spiro atoms. The monoisotopic (exact) mass is 257 g/mol. The van der Waals surface area contributed by atoms with Gasteiger partial charge in [0.1, 0.15) is 11.6 Å². The van der Waals surface area contributed by atoms with Crippen LogP contribution in [0.5, 0.6) is 0 Å². The van der Waals surface area contributed by atoms with Crippen molar-refractivity contribution < 1.29 is 0 Å². The lowest BCUT2D eigenvalue weighted by atomic mass is 10.2. The Morgan fingerprint density at radius 1 is 1.29 bits per heavy atom. The summed E-state index contributed by atoms with van der Waals surface area (Å²) in [5.41, 5.74) is 1.10. The molecule has 1 aromatic rings. The smallest absolute Gasteiger partial charge is 0.144 e. The molecule has 1 heterocycles. The van der Waals surface area contributed by atoms with Crippen LogP contribution in [0.25, 0.3) is 0 Å². The summed E-state index contributed by atoms with van der Waals surface area (Å²) in [6, 6.07) is 0.